The fraction of sp³-hybridized carbons (Fsp3) is 0.476. The predicted molar refractivity (Wildman–Crippen MR) is 107 cm³/mol. The van der Waals surface area contributed by atoms with Crippen LogP contribution < -0.4 is 16.6 Å². The van der Waals surface area contributed by atoms with Gasteiger partial charge in [-0.1, -0.05) is 56.5 Å². The highest BCUT2D eigenvalue weighted by Crippen LogP contribution is 2.07. The average molecular weight is 371 g/mol. The molecule has 146 valence electrons. The SMILES string of the molecule is CCCCCCn1c(C)c(C(=O)NCC)c(=O)n(Cc2ccccc2)c1=O. The molecule has 1 heterocycles. The summed E-state index contributed by atoms with van der Waals surface area (Å²) in [6, 6.07) is 9.34. The standard InChI is InChI=1S/C21H29N3O3/c1-4-6-7-11-14-23-16(3)18(19(25)22-5-2)20(26)24(21(23)27)15-17-12-9-8-10-13-17/h8-10,12-13H,4-7,11,14-15H2,1-3H3,(H,22,25). The zero-order valence-corrected chi connectivity index (χ0v) is 16.5. The number of nitrogens with zero attached hydrogens (tertiary/aromatic N) is 2. The van der Waals surface area contributed by atoms with Gasteiger partial charge in [0.15, 0.2) is 0 Å². The van der Waals surface area contributed by atoms with Crippen LogP contribution in [0.3, 0.4) is 0 Å². The lowest BCUT2D eigenvalue weighted by atomic mass is 10.1. The minimum absolute atomic E-state index is 0.0582. The molecule has 0 fully saturated rings. The molecule has 6 nitrogen and oxygen atoms in total. The molecule has 0 saturated carbocycles. The molecule has 1 aromatic heterocycles. The Bertz CT molecular complexity index is 882. The van der Waals surface area contributed by atoms with Crippen molar-refractivity contribution in [3.05, 3.63) is 68.0 Å². The fourth-order valence-electron chi connectivity index (χ4n) is 3.18. The molecule has 0 unspecified atom stereocenters. The molecule has 27 heavy (non-hydrogen) atoms. The van der Waals surface area contributed by atoms with Crippen LogP contribution in [-0.4, -0.2) is 21.6 Å². The summed E-state index contributed by atoms with van der Waals surface area (Å²) >= 11 is 0. The highest BCUT2D eigenvalue weighted by molar-refractivity contribution is 5.94. The first-order valence-corrected chi connectivity index (χ1v) is 9.67. The van der Waals surface area contributed by atoms with Crippen LogP contribution in [0.4, 0.5) is 0 Å². The summed E-state index contributed by atoms with van der Waals surface area (Å²) in [4.78, 5) is 38.4. The summed E-state index contributed by atoms with van der Waals surface area (Å²) in [6.07, 6.45) is 4.05. The molecule has 2 aromatic rings. The summed E-state index contributed by atoms with van der Waals surface area (Å²) in [5, 5.41) is 2.69. The smallest absolute Gasteiger partial charge is 0.331 e. The van der Waals surface area contributed by atoms with Crippen LogP contribution in [0.2, 0.25) is 0 Å². The Kier molecular flexibility index (Phi) is 7.58. The van der Waals surface area contributed by atoms with Crippen molar-refractivity contribution in [2.75, 3.05) is 6.54 Å². The second-order valence-corrected chi connectivity index (χ2v) is 6.69. The van der Waals surface area contributed by atoms with Gasteiger partial charge in [0.2, 0.25) is 0 Å². The highest BCUT2D eigenvalue weighted by atomic mass is 16.2. The fourth-order valence-corrected chi connectivity index (χ4v) is 3.18. The van der Waals surface area contributed by atoms with Crippen molar-refractivity contribution in [1.29, 1.82) is 0 Å². The van der Waals surface area contributed by atoms with Gasteiger partial charge < -0.3 is 5.32 Å². The first-order valence-electron chi connectivity index (χ1n) is 9.67. The van der Waals surface area contributed by atoms with Gasteiger partial charge >= 0.3 is 5.69 Å². The molecule has 0 aliphatic heterocycles. The lowest BCUT2D eigenvalue weighted by Crippen LogP contribution is -2.46. The van der Waals surface area contributed by atoms with Crippen LogP contribution in [0.25, 0.3) is 0 Å². The van der Waals surface area contributed by atoms with E-state index in [1.807, 2.05) is 30.3 Å². The number of carbonyl (C=O) groups excluding carboxylic acids is 1. The van der Waals surface area contributed by atoms with Gasteiger partial charge in [-0.15, -0.1) is 0 Å². The van der Waals surface area contributed by atoms with Crippen molar-refractivity contribution in [1.82, 2.24) is 14.5 Å². The van der Waals surface area contributed by atoms with Gasteiger partial charge in [-0.2, -0.15) is 0 Å². The zero-order chi connectivity index (χ0) is 19.8. The third-order valence-electron chi connectivity index (χ3n) is 4.67. The van der Waals surface area contributed by atoms with Gasteiger partial charge in [-0.25, -0.2) is 4.79 Å². The van der Waals surface area contributed by atoms with Gasteiger partial charge in [0.1, 0.15) is 5.56 Å². The Morgan fingerprint density at radius 1 is 1.00 bits per heavy atom. The van der Waals surface area contributed by atoms with E-state index in [9.17, 15) is 14.4 Å². The number of rotatable bonds is 9. The molecule has 0 bridgehead atoms. The van der Waals surface area contributed by atoms with E-state index in [4.69, 9.17) is 0 Å². The third-order valence-corrected chi connectivity index (χ3v) is 4.67. The molecular formula is C21H29N3O3. The maximum atomic E-state index is 13.0. The Hall–Kier alpha value is -2.63. The number of unbranched alkanes of at least 4 members (excludes halogenated alkanes) is 3. The number of benzene rings is 1. The monoisotopic (exact) mass is 371 g/mol. The lowest BCUT2D eigenvalue weighted by Gasteiger charge is -2.17. The van der Waals surface area contributed by atoms with Crippen LogP contribution in [0.1, 0.15) is 61.1 Å². The number of carbonyl (C=O) groups is 1. The van der Waals surface area contributed by atoms with Crippen molar-refractivity contribution in [2.45, 2.75) is 59.5 Å². The molecule has 0 spiro atoms. The minimum atomic E-state index is -0.530. The van der Waals surface area contributed by atoms with E-state index in [0.29, 0.717) is 18.8 Å². The number of hydrogen-bond acceptors (Lipinski definition) is 3. The van der Waals surface area contributed by atoms with E-state index in [1.165, 1.54) is 4.57 Å². The van der Waals surface area contributed by atoms with E-state index in [-0.39, 0.29) is 17.8 Å². The van der Waals surface area contributed by atoms with E-state index in [1.54, 1.807) is 18.4 Å². The van der Waals surface area contributed by atoms with Gasteiger partial charge in [0.05, 0.1) is 6.54 Å². The lowest BCUT2D eigenvalue weighted by molar-refractivity contribution is 0.0951. The predicted octanol–water partition coefficient (Wildman–Crippen LogP) is 2.70. The van der Waals surface area contributed by atoms with Crippen LogP contribution in [-0.2, 0) is 13.1 Å². The number of hydrogen-bond donors (Lipinski definition) is 1. The molecule has 1 N–H and O–H groups in total. The van der Waals surface area contributed by atoms with Crippen molar-refractivity contribution in [3.63, 3.8) is 0 Å². The topological polar surface area (TPSA) is 73.1 Å². The quantitative estimate of drug-likeness (QED) is 0.689. The number of amides is 1. The van der Waals surface area contributed by atoms with Gasteiger partial charge in [0.25, 0.3) is 11.5 Å². The van der Waals surface area contributed by atoms with E-state index < -0.39 is 11.5 Å². The molecular weight excluding hydrogens is 342 g/mol. The molecule has 0 aliphatic rings. The second kappa shape index (κ2) is 9.90. The highest BCUT2D eigenvalue weighted by Gasteiger charge is 2.21. The van der Waals surface area contributed by atoms with Crippen LogP contribution in [0, 0.1) is 6.92 Å². The summed E-state index contributed by atoms with van der Waals surface area (Å²) in [6.45, 7) is 6.69. The van der Waals surface area contributed by atoms with Crippen molar-refractivity contribution < 1.29 is 4.79 Å². The Morgan fingerprint density at radius 3 is 2.33 bits per heavy atom. The van der Waals surface area contributed by atoms with Gasteiger partial charge in [-0.3, -0.25) is 18.7 Å². The summed E-state index contributed by atoms with van der Waals surface area (Å²) in [7, 11) is 0. The van der Waals surface area contributed by atoms with Crippen molar-refractivity contribution in [2.24, 2.45) is 0 Å². The molecule has 2 rings (SSSR count). The maximum absolute atomic E-state index is 13.0. The third kappa shape index (κ3) is 4.96. The second-order valence-electron chi connectivity index (χ2n) is 6.69. The average Bonchev–Trinajstić information content (AvgIpc) is 2.65. The maximum Gasteiger partial charge on any atom is 0.331 e. The summed E-state index contributed by atoms with van der Waals surface area (Å²) in [5.41, 5.74) is 0.461. The van der Waals surface area contributed by atoms with E-state index in [2.05, 4.69) is 12.2 Å². The van der Waals surface area contributed by atoms with Crippen molar-refractivity contribution in [3.8, 4) is 0 Å². The normalized spacial score (nSPS) is 10.8. The Labute approximate surface area is 159 Å². The van der Waals surface area contributed by atoms with Crippen molar-refractivity contribution >= 4 is 5.91 Å². The molecule has 0 atom stereocenters. The summed E-state index contributed by atoms with van der Waals surface area (Å²) in [5.74, 6) is -0.427. The Morgan fingerprint density at radius 2 is 1.70 bits per heavy atom. The number of nitrogens with one attached hydrogen (secondary N) is 1. The molecule has 1 aromatic carbocycles. The molecule has 0 saturated heterocycles. The van der Waals surface area contributed by atoms with Crippen LogP contribution in [0.5, 0.6) is 0 Å². The molecule has 6 heteroatoms. The van der Waals surface area contributed by atoms with Gasteiger partial charge in [-0.05, 0) is 25.8 Å². The molecule has 1 amide bonds. The van der Waals surface area contributed by atoms with E-state index >= 15 is 0 Å². The van der Waals surface area contributed by atoms with Crippen LogP contribution >= 0.6 is 0 Å². The minimum Gasteiger partial charge on any atom is -0.352 e. The molecule has 0 radical (unpaired) electrons. The Balaban J connectivity index is 2.53. The first kappa shape index (κ1) is 20.7. The number of aromatic nitrogens is 2. The molecule has 0 aliphatic carbocycles. The summed E-state index contributed by atoms with van der Waals surface area (Å²) < 4.78 is 2.75. The van der Waals surface area contributed by atoms with Gasteiger partial charge in [0, 0.05) is 18.8 Å². The largest absolute Gasteiger partial charge is 0.352 e. The van der Waals surface area contributed by atoms with E-state index in [0.717, 1.165) is 31.2 Å². The first-order chi connectivity index (χ1) is 13.0. The van der Waals surface area contributed by atoms with Crippen LogP contribution in [0.15, 0.2) is 39.9 Å². The zero-order valence-electron chi connectivity index (χ0n) is 16.5.